The third-order valence-corrected chi connectivity index (χ3v) is 3.29. The van der Waals surface area contributed by atoms with Crippen LogP contribution in [0.15, 0.2) is 12.5 Å². The molecule has 4 heteroatoms. The third-order valence-electron chi connectivity index (χ3n) is 3.01. The average molecular weight is 214 g/mol. The van der Waals surface area contributed by atoms with E-state index in [9.17, 15) is 0 Å². The molecule has 1 fully saturated rings. The van der Waals surface area contributed by atoms with E-state index in [1.165, 1.54) is 19.4 Å². The van der Waals surface area contributed by atoms with Crippen molar-refractivity contribution in [3.63, 3.8) is 0 Å². The minimum atomic E-state index is 0.552. The Morgan fingerprint density at radius 3 is 3.14 bits per heavy atom. The van der Waals surface area contributed by atoms with E-state index >= 15 is 0 Å². The number of nitrogens with zero attached hydrogens (tertiary/aromatic N) is 3. The van der Waals surface area contributed by atoms with E-state index in [1.807, 2.05) is 12.5 Å². The van der Waals surface area contributed by atoms with E-state index in [4.69, 9.17) is 11.6 Å². The maximum atomic E-state index is 5.82. The second-order valence-corrected chi connectivity index (χ2v) is 4.21. The van der Waals surface area contributed by atoms with E-state index in [2.05, 4.69) is 21.5 Å². The van der Waals surface area contributed by atoms with E-state index in [1.54, 1.807) is 0 Å². The Morgan fingerprint density at radius 1 is 1.64 bits per heavy atom. The van der Waals surface area contributed by atoms with E-state index in [-0.39, 0.29) is 0 Å². The first-order valence-electron chi connectivity index (χ1n) is 5.06. The van der Waals surface area contributed by atoms with Crippen molar-refractivity contribution >= 4 is 11.6 Å². The quantitative estimate of drug-likeness (QED) is 0.713. The molecule has 1 saturated heterocycles. The second-order valence-electron chi connectivity index (χ2n) is 3.95. The minimum absolute atomic E-state index is 0.552. The van der Waals surface area contributed by atoms with Crippen LogP contribution in [0.1, 0.15) is 18.5 Å². The van der Waals surface area contributed by atoms with Gasteiger partial charge in [0.05, 0.1) is 17.9 Å². The van der Waals surface area contributed by atoms with Gasteiger partial charge in [-0.15, -0.1) is 11.6 Å². The molecule has 2 heterocycles. The zero-order valence-electron chi connectivity index (χ0n) is 8.49. The number of likely N-dealkylation sites (N-methyl/N-ethyl adjacent to an activating group) is 1. The van der Waals surface area contributed by atoms with Crippen molar-refractivity contribution in [1.82, 2.24) is 14.5 Å². The number of halogens is 1. The smallest absolute Gasteiger partial charge is 0.0949 e. The highest BCUT2D eigenvalue weighted by molar-refractivity contribution is 6.16. The van der Waals surface area contributed by atoms with Crippen LogP contribution < -0.4 is 0 Å². The molecule has 14 heavy (non-hydrogen) atoms. The zero-order chi connectivity index (χ0) is 9.97. The number of alkyl halides is 1. The van der Waals surface area contributed by atoms with Crippen molar-refractivity contribution in [1.29, 1.82) is 0 Å². The molecule has 3 nitrogen and oxygen atoms in total. The lowest BCUT2D eigenvalue weighted by atomic mass is 10.2. The van der Waals surface area contributed by atoms with Gasteiger partial charge in [0.25, 0.3) is 0 Å². The summed E-state index contributed by atoms with van der Waals surface area (Å²) < 4.78 is 2.17. The number of hydrogen-bond donors (Lipinski definition) is 0. The summed E-state index contributed by atoms with van der Waals surface area (Å²) in [4.78, 5) is 6.53. The molecule has 0 saturated carbocycles. The first-order chi connectivity index (χ1) is 6.81. The van der Waals surface area contributed by atoms with Gasteiger partial charge in [0.1, 0.15) is 0 Å². The Kier molecular flexibility index (Phi) is 3.08. The van der Waals surface area contributed by atoms with Crippen LogP contribution >= 0.6 is 11.6 Å². The molecule has 78 valence electrons. The van der Waals surface area contributed by atoms with Gasteiger partial charge in [0, 0.05) is 18.8 Å². The Bertz CT molecular complexity index is 297. The molecule has 1 atom stereocenters. The Labute approximate surface area is 89.7 Å². The number of aromatic nitrogens is 2. The molecule has 0 aliphatic carbocycles. The zero-order valence-corrected chi connectivity index (χ0v) is 9.24. The molecule has 2 rings (SSSR count). The first-order valence-corrected chi connectivity index (χ1v) is 5.60. The summed E-state index contributed by atoms with van der Waals surface area (Å²) in [6, 6.07) is 0.658. The molecular formula is C10H16ClN3. The maximum absolute atomic E-state index is 5.82. The highest BCUT2D eigenvalue weighted by atomic mass is 35.5. The number of rotatable bonds is 3. The predicted molar refractivity (Wildman–Crippen MR) is 57.4 cm³/mol. The summed E-state index contributed by atoms with van der Waals surface area (Å²) in [5, 5.41) is 0. The van der Waals surface area contributed by atoms with Gasteiger partial charge >= 0.3 is 0 Å². The third kappa shape index (κ3) is 1.93. The fourth-order valence-corrected chi connectivity index (χ4v) is 2.28. The standard InChI is InChI=1S/C10H16ClN3/c1-13-4-2-3-9(13)7-14-8-12-6-10(14)5-11/h6,8-9H,2-5,7H2,1H3. The molecule has 0 spiro atoms. The lowest BCUT2D eigenvalue weighted by molar-refractivity contribution is 0.280. The summed E-state index contributed by atoms with van der Waals surface area (Å²) in [6.07, 6.45) is 6.33. The summed E-state index contributed by atoms with van der Waals surface area (Å²) in [6.45, 7) is 2.24. The van der Waals surface area contributed by atoms with Crippen molar-refractivity contribution in [3.8, 4) is 0 Å². The van der Waals surface area contributed by atoms with Crippen molar-refractivity contribution in [2.24, 2.45) is 0 Å². The molecule has 0 amide bonds. The van der Waals surface area contributed by atoms with Gasteiger partial charge in [0.15, 0.2) is 0 Å². The lowest BCUT2D eigenvalue weighted by Gasteiger charge is -2.20. The number of imidazole rings is 1. The molecule has 1 unspecified atom stereocenters. The molecule has 1 aliphatic heterocycles. The first kappa shape index (κ1) is 9.99. The molecule has 1 aromatic heterocycles. The molecule has 0 bridgehead atoms. The largest absolute Gasteiger partial charge is 0.332 e. The van der Waals surface area contributed by atoms with Crippen LogP contribution in [-0.4, -0.2) is 34.1 Å². The van der Waals surface area contributed by atoms with E-state index < -0.39 is 0 Å². The summed E-state index contributed by atoms with van der Waals surface area (Å²) in [5.74, 6) is 0.552. The number of hydrogen-bond acceptors (Lipinski definition) is 2. The normalized spacial score (nSPS) is 23.1. The monoisotopic (exact) mass is 213 g/mol. The van der Waals surface area contributed by atoms with Crippen LogP contribution in [0.5, 0.6) is 0 Å². The van der Waals surface area contributed by atoms with Gasteiger partial charge in [-0.05, 0) is 26.4 Å². The van der Waals surface area contributed by atoms with Gasteiger partial charge in [-0.3, -0.25) is 0 Å². The van der Waals surface area contributed by atoms with Gasteiger partial charge in [-0.1, -0.05) is 0 Å². The Morgan fingerprint density at radius 2 is 2.50 bits per heavy atom. The molecule has 1 aliphatic rings. The van der Waals surface area contributed by atoms with Crippen LogP contribution in [-0.2, 0) is 12.4 Å². The van der Waals surface area contributed by atoms with Crippen LogP contribution in [0.4, 0.5) is 0 Å². The fourth-order valence-electron chi connectivity index (χ4n) is 2.06. The predicted octanol–water partition coefficient (Wildman–Crippen LogP) is 1.72. The fraction of sp³-hybridized carbons (Fsp3) is 0.700. The minimum Gasteiger partial charge on any atom is -0.332 e. The lowest BCUT2D eigenvalue weighted by Crippen LogP contribution is -2.29. The number of likely N-dealkylation sites (tertiary alicyclic amines) is 1. The van der Waals surface area contributed by atoms with E-state index in [0.717, 1.165) is 12.2 Å². The second kappa shape index (κ2) is 4.32. The highest BCUT2D eigenvalue weighted by Gasteiger charge is 2.21. The summed E-state index contributed by atoms with van der Waals surface area (Å²) >= 11 is 5.82. The summed E-state index contributed by atoms with van der Waals surface area (Å²) in [7, 11) is 2.19. The van der Waals surface area contributed by atoms with Crippen molar-refractivity contribution in [2.45, 2.75) is 31.3 Å². The highest BCUT2D eigenvalue weighted by Crippen LogP contribution is 2.17. The van der Waals surface area contributed by atoms with Crippen LogP contribution in [0.25, 0.3) is 0 Å². The molecular weight excluding hydrogens is 198 g/mol. The van der Waals surface area contributed by atoms with Gasteiger partial charge in [-0.2, -0.15) is 0 Å². The maximum Gasteiger partial charge on any atom is 0.0949 e. The topological polar surface area (TPSA) is 21.1 Å². The van der Waals surface area contributed by atoms with E-state index in [0.29, 0.717) is 11.9 Å². The average Bonchev–Trinajstić information content (AvgIpc) is 2.77. The molecule has 0 radical (unpaired) electrons. The van der Waals surface area contributed by atoms with Crippen LogP contribution in [0, 0.1) is 0 Å². The summed E-state index contributed by atoms with van der Waals surface area (Å²) in [5.41, 5.74) is 1.12. The molecule has 1 aromatic rings. The van der Waals surface area contributed by atoms with Crippen LogP contribution in [0.3, 0.4) is 0 Å². The van der Waals surface area contributed by atoms with Crippen molar-refractivity contribution in [2.75, 3.05) is 13.6 Å². The van der Waals surface area contributed by atoms with Crippen molar-refractivity contribution in [3.05, 3.63) is 18.2 Å². The van der Waals surface area contributed by atoms with Gasteiger partial charge < -0.3 is 9.47 Å². The van der Waals surface area contributed by atoms with Gasteiger partial charge in [-0.25, -0.2) is 4.98 Å². The van der Waals surface area contributed by atoms with Crippen LogP contribution in [0.2, 0.25) is 0 Å². The SMILES string of the molecule is CN1CCCC1Cn1cncc1CCl. The molecule has 0 N–H and O–H groups in total. The Balaban J connectivity index is 2.02. The van der Waals surface area contributed by atoms with Crippen molar-refractivity contribution < 1.29 is 0 Å². The Hall–Kier alpha value is -0.540. The van der Waals surface area contributed by atoms with Gasteiger partial charge in [0.2, 0.25) is 0 Å². The molecule has 0 aromatic carbocycles.